The van der Waals surface area contributed by atoms with Crippen molar-refractivity contribution >= 4 is 22.9 Å². The fraction of sp³-hybridized carbons (Fsp3) is 0.333. The Morgan fingerprint density at radius 1 is 1.21 bits per heavy atom. The van der Waals surface area contributed by atoms with Gasteiger partial charge >= 0.3 is 5.97 Å². The summed E-state index contributed by atoms with van der Waals surface area (Å²) in [7, 11) is 0. The lowest BCUT2D eigenvalue weighted by atomic mass is 10.1. The molecule has 0 aliphatic heterocycles. The molecule has 144 valence electrons. The smallest absolute Gasteiger partial charge is 0.339 e. The number of nitrogens with zero attached hydrogens (tertiary/aromatic N) is 2. The van der Waals surface area contributed by atoms with Crippen LogP contribution in [-0.4, -0.2) is 35.1 Å². The molecule has 7 nitrogen and oxygen atoms in total. The van der Waals surface area contributed by atoms with Gasteiger partial charge < -0.3 is 14.0 Å². The third-order valence-corrected chi connectivity index (χ3v) is 4.67. The summed E-state index contributed by atoms with van der Waals surface area (Å²) in [6.45, 7) is 3.84. The lowest BCUT2D eigenvalue weighted by Gasteiger charge is -2.08. The lowest BCUT2D eigenvalue weighted by Crippen LogP contribution is -2.15. The molecule has 0 amide bonds. The number of ether oxygens (including phenoxy) is 2. The number of aromatic nitrogens is 2. The first-order valence-corrected chi connectivity index (χ1v) is 9.27. The van der Waals surface area contributed by atoms with Crippen molar-refractivity contribution in [1.29, 1.82) is 0 Å². The number of benzene rings is 1. The topological polar surface area (TPSA) is 91.5 Å². The zero-order chi connectivity index (χ0) is 19.7. The second kappa shape index (κ2) is 7.42. The first kappa shape index (κ1) is 18.2. The van der Waals surface area contributed by atoms with Crippen LogP contribution in [0.15, 0.2) is 34.9 Å². The standard InChI is InChI=1S/C21H20N2O5/c1-3-26-15-8-6-14(7-9-15)18(24)11-27-21(25)16-10-17(13-4-5-13)22-20-19(16)12(2)23-28-20/h6-10,13H,3-5,11H2,1-2H3. The molecule has 0 bridgehead atoms. The van der Waals surface area contributed by atoms with Crippen molar-refractivity contribution in [2.75, 3.05) is 13.2 Å². The summed E-state index contributed by atoms with van der Waals surface area (Å²) in [6, 6.07) is 8.47. The largest absolute Gasteiger partial charge is 0.494 e. The van der Waals surface area contributed by atoms with Crippen LogP contribution in [0.25, 0.3) is 11.1 Å². The number of carbonyl (C=O) groups excluding carboxylic acids is 2. The van der Waals surface area contributed by atoms with E-state index >= 15 is 0 Å². The first-order chi connectivity index (χ1) is 13.6. The van der Waals surface area contributed by atoms with Gasteiger partial charge in [0.1, 0.15) is 5.75 Å². The highest BCUT2D eigenvalue weighted by Crippen LogP contribution is 2.40. The van der Waals surface area contributed by atoms with Crippen LogP contribution in [0.3, 0.4) is 0 Å². The van der Waals surface area contributed by atoms with Gasteiger partial charge in [0, 0.05) is 17.2 Å². The number of hydrogen-bond donors (Lipinski definition) is 0. The van der Waals surface area contributed by atoms with Crippen LogP contribution in [0.2, 0.25) is 0 Å². The number of pyridine rings is 1. The monoisotopic (exact) mass is 380 g/mol. The maximum Gasteiger partial charge on any atom is 0.339 e. The van der Waals surface area contributed by atoms with E-state index in [9.17, 15) is 9.59 Å². The molecule has 1 saturated carbocycles. The molecule has 28 heavy (non-hydrogen) atoms. The molecule has 1 fully saturated rings. The molecule has 0 spiro atoms. The van der Waals surface area contributed by atoms with Crippen LogP contribution in [0.4, 0.5) is 0 Å². The molecule has 0 unspecified atom stereocenters. The van der Waals surface area contributed by atoms with Crippen molar-refractivity contribution < 1.29 is 23.6 Å². The van der Waals surface area contributed by atoms with Gasteiger partial charge in [0.05, 0.1) is 23.3 Å². The minimum absolute atomic E-state index is 0.286. The summed E-state index contributed by atoms with van der Waals surface area (Å²) in [6.07, 6.45) is 2.08. The number of esters is 1. The molecule has 3 aromatic rings. The number of Topliss-reactive ketones (excluding diaryl/α,β-unsaturated/α-hetero) is 1. The number of ketones is 1. The summed E-state index contributed by atoms with van der Waals surface area (Å²) in [5, 5.41) is 4.43. The highest BCUT2D eigenvalue weighted by atomic mass is 16.5. The van der Waals surface area contributed by atoms with Crippen LogP contribution in [0.1, 0.15) is 57.8 Å². The van der Waals surface area contributed by atoms with Crippen LogP contribution in [0.5, 0.6) is 5.75 Å². The molecular formula is C21H20N2O5. The quantitative estimate of drug-likeness (QED) is 0.454. The van der Waals surface area contributed by atoms with Gasteiger partial charge in [-0.3, -0.25) is 4.79 Å². The van der Waals surface area contributed by atoms with Gasteiger partial charge in [-0.05, 0) is 57.0 Å². The van der Waals surface area contributed by atoms with Crippen LogP contribution in [-0.2, 0) is 4.74 Å². The Morgan fingerprint density at radius 2 is 1.96 bits per heavy atom. The summed E-state index contributed by atoms with van der Waals surface area (Å²) in [5.41, 5.74) is 2.48. The Morgan fingerprint density at radius 3 is 2.64 bits per heavy atom. The van der Waals surface area contributed by atoms with E-state index in [4.69, 9.17) is 14.0 Å². The van der Waals surface area contributed by atoms with E-state index in [1.165, 1.54) is 0 Å². The van der Waals surface area contributed by atoms with Crippen LogP contribution >= 0.6 is 0 Å². The molecular weight excluding hydrogens is 360 g/mol. The van der Waals surface area contributed by atoms with Gasteiger partial charge in [-0.2, -0.15) is 0 Å². The van der Waals surface area contributed by atoms with Gasteiger partial charge in [0.25, 0.3) is 5.71 Å². The Hall–Kier alpha value is -3.22. The van der Waals surface area contributed by atoms with E-state index in [0.29, 0.717) is 46.2 Å². The minimum atomic E-state index is -0.583. The number of hydrogen-bond acceptors (Lipinski definition) is 7. The fourth-order valence-corrected chi connectivity index (χ4v) is 3.06. The molecule has 1 aromatic carbocycles. The Kier molecular flexibility index (Phi) is 4.81. The zero-order valence-electron chi connectivity index (χ0n) is 15.7. The highest BCUT2D eigenvalue weighted by molar-refractivity contribution is 6.05. The van der Waals surface area contributed by atoms with E-state index < -0.39 is 5.97 Å². The van der Waals surface area contributed by atoms with Gasteiger partial charge in [-0.25, -0.2) is 9.78 Å². The maximum atomic E-state index is 12.7. The average molecular weight is 380 g/mol. The van der Waals surface area contributed by atoms with Crippen molar-refractivity contribution in [2.24, 2.45) is 0 Å². The van der Waals surface area contributed by atoms with Crippen molar-refractivity contribution in [1.82, 2.24) is 10.1 Å². The molecule has 4 rings (SSSR count). The third-order valence-electron chi connectivity index (χ3n) is 4.67. The molecule has 0 saturated heterocycles. The predicted octanol–water partition coefficient (Wildman–Crippen LogP) is 3.85. The summed E-state index contributed by atoms with van der Waals surface area (Å²) < 4.78 is 15.9. The first-order valence-electron chi connectivity index (χ1n) is 9.27. The average Bonchev–Trinajstić information content (AvgIpc) is 3.49. The maximum absolute atomic E-state index is 12.7. The van der Waals surface area contributed by atoms with Gasteiger partial charge in [0.2, 0.25) is 0 Å². The molecule has 2 heterocycles. The van der Waals surface area contributed by atoms with Gasteiger partial charge in [-0.1, -0.05) is 5.16 Å². The molecule has 1 aliphatic rings. The van der Waals surface area contributed by atoms with E-state index in [2.05, 4.69) is 10.1 Å². The number of carbonyl (C=O) groups is 2. The third kappa shape index (κ3) is 3.60. The number of aryl methyl sites for hydroxylation is 1. The normalized spacial score (nSPS) is 13.5. The molecule has 1 aliphatic carbocycles. The van der Waals surface area contributed by atoms with E-state index in [1.807, 2.05) is 6.92 Å². The number of fused-ring (bicyclic) bond motifs is 1. The van der Waals surface area contributed by atoms with E-state index in [1.54, 1.807) is 37.3 Å². The molecule has 7 heteroatoms. The van der Waals surface area contributed by atoms with Crippen molar-refractivity contribution in [2.45, 2.75) is 32.6 Å². The molecule has 2 aromatic heterocycles. The lowest BCUT2D eigenvalue weighted by molar-refractivity contribution is 0.0476. The van der Waals surface area contributed by atoms with E-state index in [-0.39, 0.29) is 12.4 Å². The predicted molar refractivity (Wildman–Crippen MR) is 101 cm³/mol. The SMILES string of the molecule is CCOc1ccc(C(=O)COC(=O)c2cc(C3CC3)nc3onc(C)c23)cc1. The molecule has 0 atom stereocenters. The van der Waals surface area contributed by atoms with E-state index in [0.717, 1.165) is 18.5 Å². The highest BCUT2D eigenvalue weighted by Gasteiger charge is 2.29. The Bertz CT molecular complexity index is 1030. The van der Waals surface area contributed by atoms with Crippen LogP contribution < -0.4 is 4.74 Å². The Labute approximate surface area is 161 Å². The Balaban J connectivity index is 1.50. The molecule has 0 N–H and O–H groups in total. The summed E-state index contributed by atoms with van der Waals surface area (Å²) >= 11 is 0. The fourth-order valence-electron chi connectivity index (χ4n) is 3.06. The second-order valence-electron chi connectivity index (χ2n) is 6.77. The second-order valence-corrected chi connectivity index (χ2v) is 6.77. The van der Waals surface area contributed by atoms with Gasteiger partial charge in [-0.15, -0.1) is 0 Å². The molecule has 0 radical (unpaired) electrons. The summed E-state index contributed by atoms with van der Waals surface area (Å²) in [4.78, 5) is 29.5. The summed E-state index contributed by atoms with van der Waals surface area (Å²) in [5.74, 6) is 0.156. The van der Waals surface area contributed by atoms with Crippen molar-refractivity contribution in [3.8, 4) is 5.75 Å². The van der Waals surface area contributed by atoms with Crippen molar-refractivity contribution in [3.63, 3.8) is 0 Å². The zero-order valence-corrected chi connectivity index (χ0v) is 15.7. The van der Waals surface area contributed by atoms with Crippen molar-refractivity contribution in [3.05, 3.63) is 52.8 Å². The van der Waals surface area contributed by atoms with Gasteiger partial charge in [0.15, 0.2) is 12.4 Å². The minimum Gasteiger partial charge on any atom is -0.494 e. The number of rotatable bonds is 7. The van der Waals surface area contributed by atoms with Crippen LogP contribution in [0, 0.1) is 6.92 Å².